The number of nitrogens with zero attached hydrogens (tertiary/aromatic N) is 1. The standard InChI is InChI=1S/C19H19N3O3/c1-20-19(25)15-5-2-3-6-16(15)21-18(24)13-8-10-14(11-9-13)22-12-4-7-17(22)23/h2-3,5-6,8-11H,4,7,12H2,1H3,(H,20,25)(H,21,24). The summed E-state index contributed by atoms with van der Waals surface area (Å²) in [7, 11) is 1.54. The first-order valence-corrected chi connectivity index (χ1v) is 8.13. The molecule has 2 aromatic rings. The Labute approximate surface area is 145 Å². The van der Waals surface area contributed by atoms with E-state index in [1.54, 1.807) is 60.5 Å². The first-order chi connectivity index (χ1) is 12.1. The highest BCUT2D eigenvalue weighted by atomic mass is 16.2. The Kier molecular flexibility index (Phi) is 4.79. The monoisotopic (exact) mass is 337 g/mol. The number of para-hydroxylation sites is 1. The number of nitrogens with one attached hydrogen (secondary N) is 2. The van der Waals surface area contributed by atoms with Gasteiger partial charge in [-0.3, -0.25) is 14.4 Å². The van der Waals surface area contributed by atoms with Crippen LogP contribution >= 0.6 is 0 Å². The summed E-state index contributed by atoms with van der Waals surface area (Å²) in [6, 6.07) is 13.7. The Morgan fingerprint density at radius 1 is 1.00 bits per heavy atom. The summed E-state index contributed by atoms with van der Waals surface area (Å²) >= 11 is 0. The molecule has 0 aromatic heterocycles. The predicted octanol–water partition coefficient (Wildman–Crippen LogP) is 2.43. The highest BCUT2D eigenvalue weighted by Crippen LogP contribution is 2.22. The summed E-state index contributed by atoms with van der Waals surface area (Å²) in [6.07, 6.45) is 1.43. The number of hydrogen-bond donors (Lipinski definition) is 2. The molecule has 0 unspecified atom stereocenters. The molecule has 1 aliphatic rings. The van der Waals surface area contributed by atoms with Crippen molar-refractivity contribution in [1.29, 1.82) is 0 Å². The Balaban J connectivity index is 1.76. The van der Waals surface area contributed by atoms with Gasteiger partial charge in [0.05, 0.1) is 11.3 Å². The second kappa shape index (κ2) is 7.17. The fourth-order valence-corrected chi connectivity index (χ4v) is 2.83. The fourth-order valence-electron chi connectivity index (χ4n) is 2.83. The van der Waals surface area contributed by atoms with Crippen LogP contribution in [0.4, 0.5) is 11.4 Å². The van der Waals surface area contributed by atoms with E-state index in [0.717, 1.165) is 12.1 Å². The largest absolute Gasteiger partial charge is 0.355 e. The Bertz CT molecular complexity index is 815. The first kappa shape index (κ1) is 16.7. The molecule has 3 amide bonds. The second-order valence-electron chi connectivity index (χ2n) is 5.77. The van der Waals surface area contributed by atoms with Crippen LogP contribution in [0.2, 0.25) is 0 Å². The molecule has 1 fully saturated rings. The van der Waals surface area contributed by atoms with Crippen molar-refractivity contribution in [1.82, 2.24) is 5.32 Å². The maximum atomic E-state index is 12.5. The highest BCUT2D eigenvalue weighted by Gasteiger charge is 2.21. The Morgan fingerprint density at radius 3 is 2.36 bits per heavy atom. The quantitative estimate of drug-likeness (QED) is 0.899. The van der Waals surface area contributed by atoms with Gasteiger partial charge in [0.1, 0.15) is 0 Å². The van der Waals surface area contributed by atoms with Crippen LogP contribution in [0.3, 0.4) is 0 Å². The lowest BCUT2D eigenvalue weighted by Gasteiger charge is -2.16. The maximum Gasteiger partial charge on any atom is 0.255 e. The molecule has 128 valence electrons. The van der Waals surface area contributed by atoms with Gasteiger partial charge in [-0.15, -0.1) is 0 Å². The smallest absolute Gasteiger partial charge is 0.255 e. The first-order valence-electron chi connectivity index (χ1n) is 8.13. The zero-order chi connectivity index (χ0) is 17.8. The van der Waals surface area contributed by atoms with Gasteiger partial charge in [-0.1, -0.05) is 12.1 Å². The molecule has 6 nitrogen and oxygen atoms in total. The summed E-state index contributed by atoms with van der Waals surface area (Å²) in [6.45, 7) is 0.712. The minimum Gasteiger partial charge on any atom is -0.355 e. The molecule has 0 spiro atoms. The second-order valence-corrected chi connectivity index (χ2v) is 5.77. The molecule has 1 saturated heterocycles. The van der Waals surface area contributed by atoms with Gasteiger partial charge >= 0.3 is 0 Å². The average Bonchev–Trinajstić information content (AvgIpc) is 3.07. The van der Waals surface area contributed by atoms with Gasteiger partial charge in [-0.25, -0.2) is 0 Å². The van der Waals surface area contributed by atoms with E-state index in [9.17, 15) is 14.4 Å². The zero-order valence-electron chi connectivity index (χ0n) is 13.9. The number of benzene rings is 2. The average molecular weight is 337 g/mol. The summed E-state index contributed by atoms with van der Waals surface area (Å²) in [5.41, 5.74) is 2.11. The normalized spacial score (nSPS) is 13.6. The topological polar surface area (TPSA) is 78.5 Å². The fraction of sp³-hybridized carbons (Fsp3) is 0.211. The SMILES string of the molecule is CNC(=O)c1ccccc1NC(=O)c1ccc(N2CCCC2=O)cc1. The van der Waals surface area contributed by atoms with Crippen molar-refractivity contribution in [3.05, 3.63) is 59.7 Å². The van der Waals surface area contributed by atoms with Crippen molar-refractivity contribution in [3.63, 3.8) is 0 Å². The van der Waals surface area contributed by atoms with Gasteiger partial charge in [-0.2, -0.15) is 0 Å². The third-order valence-electron chi connectivity index (χ3n) is 4.16. The molecule has 2 aromatic carbocycles. The van der Waals surface area contributed by atoms with Crippen LogP contribution in [0.15, 0.2) is 48.5 Å². The van der Waals surface area contributed by atoms with E-state index in [1.165, 1.54) is 0 Å². The molecular weight excluding hydrogens is 318 g/mol. The maximum absolute atomic E-state index is 12.5. The van der Waals surface area contributed by atoms with E-state index in [0.29, 0.717) is 29.8 Å². The molecule has 3 rings (SSSR count). The molecular formula is C19H19N3O3. The summed E-state index contributed by atoms with van der Waals surface area (Å²) in [4.78, 5) is 37.8. The number of amides is 3. The number of carbonyl (C=O) groups excluding carboxylic acids is 3. The molecule has 0 aliphatic carbocycles. The highest BCUT2D eigenvalue weighted by molar-refractivity contribution is 6.09. The number of hydrogen-bond acceptors (Lipinski definition) is 3. The molecule has 0 atom stereocenters. The van der Waals surface area contributed by atoms with E-state index < -0.39 is 0 Å². The molecule has 0 bridgehead atoms. The van der Waals surface area contributed by atoms with Crippen molar-refractivity contribution in [2.24, 2.45) is 0 Å². The van der Waals surface area contributed by atoms with Crippen LogP contribution in [-0.2, 0) is 4.79 Å². The van der Waals surface area contributed by atoms with Crippen molar-refractivity contribution in [2.75, 3.05) is 23.8 Å². The molecule has 2 N–H and O–H groups in total. The van der Waals surface area contributed by atoms with E-state index >= 15 is 0 Å². The van der Waals surface area contributed by atoms with Crippen LogP contribution < -0.4 is 15.5 Å². The molecule has 0 radical (unpaired) electrons. The molecule has 1 heterocycles. The van der Waals surface area contributed by atoms with Crippen LogP contribution in [0.25, 0.3) is 0 Å². The Morgan fingerprint density at radius 2 is 1.72 bits per heavy atom. The van der Waals surface area contributed by atoms with Crippen LogP contribution in [0.5, 0.6) is 0 Å². The minimum absolute atomic E-state index is 0.108. The number of rotatable bonds is 4. The van der Waals surface area contributed by atoms with Crippen molar-refractivity contribution in [3.8, 4) is 0 Å². The van der Waals surface area contributed by atoms with Gasteiger partial charge in [-0.05, 0) is 42.8 Å². The van der Waals surface area contributed by atoms with E-state index in [-0.39, 0.29) is 17.7 Å². The molecule has 0 saturated carbocycles. The van der Waals surface area contributed by atoms with Gasteiger partial charge in [0.2, 0.25) is 5.91 Å². The van der Waals surface area contributed by atoms with Crippen LogP contribution in [0.1, 0.15) is 33.6 Å². The van der Waals surface area contributed by atoms with Gasteiger partial charge in [0.15, 0.2) is 0 Å². The van der Waals surface area contributed by atoms with Crippen LogP contribution in [0, 0.1) is 0 Å². The van der Waals surface area contributed by atoms with Crippen LogP contribution in [-0.4, -0.2) is 31.3 Å². The minimum atomic E-state index is -0.310. The van der Waals surface area contributed by atoms with E-state index in [1.807, 2.05) is 0 Å². The lowest BCUT2D eigenvalue weighted by Crippen LogP contribution is -2.24. The summed E-state index contributed by atoms with van der Waals surface area (Å²) in [5, 5.41) is 5.31. The lowest BCUT2D eigenvalue weighted by molar-refractivity contribution is -0.117. The molecule has 25 heavy (non-hydrogen) atoms. The van der Waals surface area contributed by atoms with Gasteiger partial charge in [0, 0.05) is 31.3 Å². The van der Waals surface area contributed by atoms with Crippen molar-refractivity contribution < 1.29 is 14.4 Å². The number of anilines is 2. The predicted molar refractivity (Wildman–Crippen MR) is 95.8 cm³/mol. The van der Waals surface area contributed by atoms with Gasteiger partial charge < -0.3 is 15.5 Å². The summed E-state index contributed by atoms with van der Waals surface area (Å²) in [5.74, 6) is -0.467. The van der Waals surface area contributed by atoms with Gasteiger partial charge in [0.25, 0.3) is 11.8 Å². The van der Waals surface area contributed by atoms with Crippen molar-refractivity contribution >= 4 is 29.1 Å². The zero-order valence-corrected chi connectivity index (χ0v) is 13.9. The van der Waals surface area contributed by atoms with E-state index in [4.69, 9.17) is 0 Å². The lowest BCUT2D eigenvalue weighted by atomic mass is 10.1. The van der Waals surface area contributed by atoms with Crippen molar-refractivity contribution in [2.45, 2.75) is 12.8 Å². The third kappa shape index (κ3) is 3.52. The Hall–Kier alpha value is -3.15. The third-order valence-corrected chi connectivity index (χ3v) is 4.16. The number of carbonyl (C=O) groups is 3. The molecule has 1 aliphatic heterocycles. The molecule has 6 heteroatoms. The summed E-state index contributed by atoms with van der Waals surface area (Å²) < 4.78 is 0. The van der Waals surface area contributed by atoms with E-state index in [2.05, 4.69) is 10.6 Å².